The smallest absolute Gasteiger partial charge is 0.191 e. The second-order valence-corrected chi connectivity index (χ2v) is 6.04. The van der Waals surface area contributed by atoms with Crippen molar-refractivity contribution >= 4 is 29.2 Å². The van der Waals surface area contributed by atoms with Gasteiger partial charge in [-0.1, -0.05) is 29.3 Å². The Morgan fingerprint density at radius 3 is 2.70 bits per heavy atom. The van der Waals surface area contributed by atoms with E-state index in [1.807, 2.05) is 26.0 Å². The van der Waals surface area contributed by atoms with Crippen LogP contribution in [0.4, 0.5) is 0 Å². The molecule has 1 rings (SSSR count). The Morgan fingerprint density at radius 1 is 1.26 bits per heavy atom. The third-order valence-electron chi connectivity index (χ3n) is 3.30. The normalized spacial score (nSPS) is 13.0. The number of ether oxygens (including phenoxy) is 1. The molecule has 0 fully saturated rings. The molecular weight excluding hydrogens is 333 g/mol. The zero-order valence-corrected chi connectivity index (χ0v) is 15.7. The molecule has 6 heteroatoms. The van der Waals surface area contributed by atoms with E-state index in [0.717, 1.165) is 50.7 Å². The highest BCUT2D eigenvalue weighted by Crippen LogP contribution is 2.25. The monoisotopic (exact) mass is 359 g/mol. The molecule has 0 bridgehead atoms. The van der Waals surface area contributed by atoms with Crippen LogP contribution >= 0.6 is 23.2 Å². The molecule has 0 aliphatic carbocycles. The van der Waals surface area contributed by atoms with E-state index in [1.54, 1.807) is 6.07 Å². The number of halogens is 2. The second kappa shape index (κ2) is 11.5. The van der Waals surface area contributed by atoms with Crippen LogP contribution in [0.15, 0.2) is 23.2 Å². The lowest BCUT2D eigenvalue weighted by atomic mass is 10.1. The van der Waals surface area contributed by atoms with Gasteiger partial charge in [-0.3, -0.25) is 4.99 Å². The topological polar surface area (TPSA) is 45.7 Å². The van der Waals surface area contributed by atoms with Crippen molar-refractivity contribution in [2.24, 2.45) is 4.99 Å². The maximum atomic E-state index is 6.26. The minimum atomic E-state index is 0.0426. The first-order chi connectivity index (χ1) is 11.1. The summed E-state index contributed by atoms with van der Waals surface area (Å²) < 4.78 is 5.33. The molecule has 1 aromatic carbocycles. The Morgan fingerprint density at radius 2 is 2.04 bits per heavy atom. The van der Waals surface area contributed by atoms with E-state index in [0.29, 0.717) is 10.0 Å². The first-order valence-electron chi connectivity index (χ1n) is 8.16. The first-order valence-corrected chi connectivity index (χ1v) is 8.91. The van der Waals surface area contributed by atoms with Gasteiger partial charge in [0.05, 0.1) is 6.04 Å². The fourth-order valence-corrected chi connectivity index (χ4v) is 2.68. The minimum absolute atomic E-state index is 0.0426. The molecule has 0 spiro atoms. The van der Waals surface area contributed by atoms with Crippen LogP contribution < -0.4 is 10.6 Å². The quantitative estimate of drug-likeness (QED) is 0.389. The van der Waals surface area contributed by atoms with Crippen molar-refractivity contribution in [3.63, 3.8) is 0 Å². The van der Waals surface area contributed by atoms with E-state index in [4.69, 9.17) is 27.9 Å². The van der Waals surface area contributed by atoms with Gasteiger partial charge in [-0.2, -0.15) is 0 Å². The Kier molecular flexibility index (Phi) is 10.1. The summed E-state index contributed by atoms with van der Waals surface area (Å²) >= 11 is 12.2. The van der Waals surface area contributed by atoms with Gasteiger partial charge >= 0.3 is 0 Å². The van der Waals surface area contributed by atoms with Crippen molar-refractivity contribution in [2.75, 3.05) is 26.3 Å². The highest BCUT2D eigenvalue weighted by atomic mass is 35.5. The number of benzene rings is 1. The van der Waals surface area contributed by atoms with Crippen molar-refractivity contribution in [3.8, 4) is 0 Å². The van der Waals surface area contributed by atoms with Gasteiger partial charge in [0.2, 0.25) is 0 Å². The summed E-state index contributed by atoms with van der Waals surface area (Å²) in [6.45, 7) is 9.26. The lowest BCUT2D eigenvalue weighted by molar-refractivity contribution is 0.144. The number of rotatable bonds is 9. The first kappa shape index (κ1) is 20.1. The molecule has 23 heavy (non-hydrogen) atoms. The maximum Gasteiger partial charge on any atom is 0.191 e. The fourth-order valence-electron chi connectivity index (χ4n) is 2.11. The number of aliphatic imine (C=N–C) groups is 1. The molecule has 0 amide bonds. The van der Waals surface area contributed by atoms with E-state index >= 15 is 0 Å². The fraction of sp³-hybridized carbons (Fsp3) is 0.588. The zero-order chi connectivity index (χ0) is 17.1. The third kappa shape index (κ3) is 7.91. The molecule has 2 N–H and O–H groups in total. The second-order valence-electron chi connectivity index (χ2n) is 5.20. The summed E-state index contributed by atoms with van der Waals surface area (Å²) in [5.41, 5.74) is 0.998. The number of hydrogen-bond donors (Lipinski definition) is 2. The van der Waals surface area contributed by atoms with Gasteiger partial charge in [0.25, 0.3) is 0 Å². The summed E-state index contributed by atoms with van der Waals surface area (Å²) in [5, 5.41) is 7.93. The van der Waals surface area contributed by atoms with Crippen LogP contribution in [0.5, 0.6) is 0 Å². The van der Waals surface area contributed by atoms with Gasteiger partial charge in [-0.05, 0) is 51.3 Å². The number of nitrogens with zero attached hydrogens (tertiary/aromatic N) is 1. The predicted octanol–water partition coefficient (Wildman–Crippen LogP) is 4.43. The molecule has 0 saturated heterocycles. The Bertz CT molecular complexity index is 495. The molecular formula is C17H27Cl2N3O. The van der Waals surface area contributed by atoms with Gasteiger partial charge in [0, 0.05) is 36.3 Å². The van der Waals surface area contributed by atoms with Crippen LogP contribution in [0, 0.1) is 0 Å². The molecule has 0 heterocycles. The van der Waals surface area contributed by atoms with Gasteiger partial charge in [0.1, 0.15) is 0 Å². The number of unbranched alkanes of at least 4 members (excludes halogenated alkanes) is 1. The SMILES string of the molecule is CCNC(=NCCCCOCC)NC(C)c1ccc(Cl)cc1Cl. The Hall–Kier alpha value is -0.970. The molecule has 0 saturated carbocycles. The molecule has 0 radical (unpaired) electrons. The van der Waals surface area contributed by atoms with Gasteiger partial charge < -0.3 is 15.4 Å². The summed E-state index contributed by atoms with van der Waals surface area (Å²) in [4.78, 5) is 4.59. The molecule has 1 atom stereocenters. The molecule has 1 aromatic rings. The van der Waals surface area contributed by atoms with Gasteiger partial charge in [-0.15, -0.1) is 0 Å². The zero-order valence-electron chi connectivity index (χ0n) is 14.2. The van der Waals surface area contributed by atoms with Crippen LogP contribution in [0.2, 0.25) is 10.0 Å². The number of nitrogens with one attached hydrogen (secondary N) is 2. The highest BCUT2D eigenvalue weighted by molar-refractivity contribution is 6.35. The number of hydrogen-bond acceptors (Lipinski definition) is 2. The van der Waals surface area contributed by atoms with Crippen molar-refractivity contribution in [1.82, 2.24) is 10.6 Å². The van der Waals surface area contributed by atoms with E-state index < -0.39 is 0 Å². The summed E-state index contributed by atoms with van der Waals surface area (Å²) in [6, 6.07) is 5.59. The average molecular weight is 360 g/mol. The van der Waals surface area contributed by atoms with Gasteiger partial charge in [-0.25, -0.2) is 0 Å². The molecule has 0 aliphatic heterocycles. The minimum Gasteiger partial charge on any atom is -0.382 e. The highest BCUT2D eigenvalue weighted by Gasteiger charge is 2.11. The van der Waals surface area contributed by atoms with Crippen LogP contribution in [-0.4, -0.2) is 32.3 Å². The molecule has 0 aliphatic rings. The van der Waals surface area contributed by atoms with E-state index in [1.165, 1.54) is 0 Å². The van der Waals surface area contributed by atoms with Crippen LogP contribution in [0.25, 0.3) is 0 Å². The largest absolute Gasteiger partial charge is 0.382 e. The summed E-state index contributed by atoms with van der Waals surface area (Å²) in [5.74, 6) is 0.794. The molecule has 0 aromatic heterocycles. The summed E-state index contributed by atoms with van der Waals surface area (Å²) in [6.07, 6.45) is 2.03. The molecule has 1 unspecified atom stereocenters. The maximum absolute atomic E-state index is 6.26. The lowest BCUT2D eigenvalue weighted by Gasteiger charge is -2.19. The van der Waals surface area contributed by atoms with Crippen molar-refractivity contribution in [2.45, 2.75) is 39.7 Å². The third-order valence-corrected chi connectivity index (χ3v) is 3.86. The Balaban J connectivity index is 2.56. The van der Waals surface area contributed by atoms with Crippen LogP contribution in [0.3, 0.4) is 0 Å². The van der Waals surface area contributed by atoms with Crippen molar-refractivity contribution < 1.29 is 4.74 Å². The molecule has 130 valence electrons. The van der Waals surface area contributed by atoms with E-state index in [-0.39, 0.29) is 6.04 Å². The van der Waals surface area contributed by atoms with Crippen molar-refractivity contribution in [1.29, 1.82) is 0 Å². The van der Waals surface area contributed by atoms with Crippen LogP contribution in [0.1, 0.15) is 45.2 Å². The number of guanidine groups is 1. The van der Waals surface area contributed by atoms with Crippen molar-refractivity contribution in [3.05, 3.63) is 33.8 Å². The standard InChI is InChI=1S/C17H27Cl2N3O/c1-4-20-17(21-10-6-7-11-23-5-2)22-13(3)15-9-8-14(18)12-16(15)19/h8-9,12-13H,4-7,10-11H2,1-3H3,(H2,20,21,22). The molecule has 4 nitrogen and oxygen atoms in total. The van der Waals surface area contributed by atoms with Gasteiger partial charge in [0.15, 0.2) is 5.96 Å². The average Bonchev–Trinajstić information content (AvgIpc) is 2.50. The Labute approximate surface area is 149 Å². The summed E-state index contributed by atoms with van der Waals surface area (Å²) in [7, 11) is 0. The van der Waals surface area contributed by atoms with E-state index in [2.05, 4.69) is 22.5 Å². The lowest BCUT2D eigenvalue weighted by Crippen LogP contribution is -2.38. The predicted molar refractivity (Wildman–Crippen MR) is 99.7 cm³/mol. The van der Waals surface area contributed by atoms with Crippen LogP contribution in [-0.2, 0) is 4.74 Å². The van der Waals surface area contributed by atoms with E-state index in [9.17, 15) is 0 Å².